The van der Waals surface area contributed by atoms with Gasteiger partial charge in [-0.25, -0.2) is 13.2 Å². The molecule has 0 saturated heterocycles. The minimum Gasteiger partial charge on any atom is -0.482 e. The molecule has 0 radical (unpaired) electrons. The molecule has 0 aliphatic rings. The summed E-state index contributed by atoms with van der Waals surface area (Å²) >= 11 is 1.68. The predicted octanol–water partition coefficient (Wildman–Crippen LogP) is 4.16. The van der Waals surface area contributed by atoms with Gasteiger partial charge in [0.25, 0.3) is 0 Å². The van der Waals surface area contributed by atoms with Crippen molar-refractivity contribution in [3.8, 4) is 5.75 Å². The van der Waals surface area contributed by atoms with Gasteiger partial charge in [-0.1, -0.05) is 30.3 Å². The Balaban J connectivity index is 1.37. The van der Waals surface area contributed by atoms with Crippen LogP contribution in [0.5, 0.6) is 5.75 Å². The van der Waals surface area contributed by atoms with Crippen LogP contribution in [0, 0.1) is 6.92 Å². The molecule has 0 spiro atoms. The smallest absolute Gasteiger partial charge is 0.341 e. The van der Waals surface area contributed by atoms with Crippen LogP contribution >= 0.6 is 11.8 Å². The van der Waals surface area contributed by atoms with Crippen molar-refractivity contribution in [1.29, 1.82) is 0 Å². The predicted molar refractivity (Wildman–Crippen MR) is 129 cm³/mol. The summed E-state index contributed by atoms with van der Waals surface area (Å²) < 4.78 is 30.5. The number of benzene rings is 3. The number of fused-ring (bicyclic) bond motifs is 1. The summed E-state index contributed by atoms with van der Waals surface area (Å²) in [4.78, 5) is 12.1. The molecular weight excluding hydrogens is 446 g/mol. The summed E-state index contributed by atoms with van der Waals surface area (Å²) in [6, 6.07) is 18.7. The monoisotopic (exact) mass is 473 g/mol. The molecular formula is C24H27NO5S2. The number of rotatable bonds is 12. The van der Waals surface area contributed by atoms with Crippen LogP contribution in [0.1, 0.15) is 12.0 Å². The highest BCUT2D eigenvalue weighted by Crippen LogP contribution is 2.25. The van der Waals surface area contributed by atoms with E-state index < -0.39 is 15.8 Å². The van der Waals surface area contributed by atoms with Gasteiger partial charge in [-0.05, 0) is 66.6 Å². The first kappa shape index (κ1) is 24.1. The molecule has 0 unspecified atom stereocenters. The summed E-state index contributed by atoms with van der Waals surface area (Å²) in [5, 5.41) is 14.0. The maximum atomic E-state index is 12.6. The van der Waals surface area contributed by atoms with Gasteiger partial charge in [0, 0.05) is 17.2 Å². The van der Waals surface area contributed by atoms with E-state index in [1.54, 1.807) is 30.0 Å². The summed E-state index contributed by atoms with van der Waals surface area (Å²) in [7, 11) is -3.30. The zero-order valence-electron chi connectivity index (χ0n) is 17.9. The summed E-state index contributed by atoms with van der Waals surface area (Å²) in [5.41, 5.74) is 0.892. The van der Waals surface area contributed by atoms with Gasteiger partial charge in [-0.15, -0.1) is 11.8 Å². The number of sulfone groups is 1. The first-order chi connectivity index (χ1) is 15.3. The van der Waals surface area contributed by atoms with E-state index in [9.17, 15) is 13.2 Å². The molecule has 0 aliphatic heterocycles. The molecule has 170 valence electrons. The van der Waals surface area contributed by atoms with Crippen molar-refractivity contribution in [2.75, 3.05) is 31.2 Å². The van der Waals surface area contributed by atoms with E-state index in [1.807, 2.05) is 49.4 Å². The molecule has 3 aromatic rings. The highest BCUT2D eigenvalue weighted by molar-refractivity contribution is 7.99. The Morgan fingerprint density at radius 1 is 1.03 bits per heavy atom. The molecule has 0 aliphatic carbocycles. The number of aliphatic carboxylic acids is 1. The van der Waals surface area contributed by atoms with E-state index >= 15 is 0 Å². The number of aryl methyl sites for hydroxylation is 1. The van der Waals surface area contributed by atoms with Crippen LogP contribution in [-0.2, 0) is 14.6 Å². The minimum absolute atomic E-state index is 0.114. The maximum absolute atomic E-state index is 12.6. The van der Waals surface area contributed by atoms with Crippen LogP contribution < -0.4 is 10.1 Å². The SMILES string of the molecule is Cc1cc(SCCNCCCS(=O)(=O)c2ccc3ccccc3c2)ccc1OCC(=O)O. The van der Waals surface area contributed by atoms with Crippen LogP contribution in [-0.4, -0.2) is 50.7 Å². The molecule has 32 heavy (non-hydrogen) atoms. The quantitative estimate of drug-likeness (QED) is 0.301. The lowest BCUT2D eigenvalue weighted by Gasteiger charge is -2.09. The van der Waals surface area contributed by atoms with Crippen molar-refractivity contribution in [3.63, 3.8) is 0 Å². The molecule has 0 aromatic heterocycles. The fourth-order valence-corrected chi connectivity index (χ4v) is 5.49. The Kier molecular flexibility index (Phi) is 8.55. The highest BCUT2D eigenvalue weighted by atomic mass is 32.2. The third-order valence-electron chi connectivity index (χ3n) is 4.89. The molecule has 0 fully saturated rings. The van der Waals surface area contributed by atoms with Crippen molar-refractivity contribution in [2.45, 2.75) is 23.1 Å². The lowest BCUT2D eigenvalue weighted by Crippen LogP contribution is -2.21. The van der Waals surface area contributed by atoms with Crippen LogP contribution in [0.2, 0.25) is 0 Å². The number of carboxylic acids is 1. The first-order valence-corrected chi connectivity index (χ1v) is 13.0. The zero-order chi connectivity index (χ0) is 23.0. The topological polar surface area (TPSA) is 92.7 Å². The standard InChI is InChI=1S/C24H27NO5S2/c1-18-15-21(8-10-23(18)30-17-24(26)27)31-13-12-25-11-4-14-32(28,29)22-9-7-19-5-2-3-6-20(19)16-22/h2-3,5-10,15-16,25H,4,11-14,17H2,1H3,(H,26,27). The van der Waals surface area contributed by atoms with Crippen molar-refractivity contribution in [2.24, 2.45) is 0 Å². The van der Waals surface area contributed by atoms with E-state index in [0.29, 0.717) is 23.6 Å². The number of hydrogen-bond acceptors (Lipinski definition) is 6. The number of nitrogens with one attached hydrogen (secondary N) is 1. The fraction of sp³-hybridized carbons (Fsp3) is 0.292. The number of thioether (sulfide) groups is 1. The van der Waals surface area contributed by atoms with Gasteiger partial charge in [0.1, 0.15) is 5.75 Å². The van der Waals surface area contributed by atoms with E-state index in [2.05, 4.69) is 5.32 Å². The Labute approximate surface area is 192 Å². The molecule has 3 rings (SSSR count). The number of hydrogen-bond donors (Lipinski definition) is 2. The van der Waals surface area contributed by atoms with E-state index in [-0.39, 0.29) is 12.4 Å². The van der Waals surface area contributed by atoms with Gasteiger partial charge in [0.15, 0.2) is 16.4 Å². The first-order valence-electron chi connectivity index (χ1n) is 10.4. The zero-order valence-corrected chi connectivity index (χ0v) is 19.5. The summed E-state index contributed by atoms with van der Waals surface area (Å²) in [5.74, 6) is 0.524. The van der Waals surface area contributed by atoms with Crippen LogP contribution in [0.3, 0.4) is 0 Å². The van der Waals surface area contributed by atoms with Gasteiger partial charge in [0.2, 0.25) is 0 Å². The van der Waals surface area contributed by atoms with Crippen LogP contribution in [0.15, 0.2) is 70.5 Å². The van der Waals surface area contributed by atoms with E-state index in [4.69, 9.17) is 9.84 Å². The normalized spacial score (nSPS) is 11.5. The molecule has 0 amide bonds. The van der Waals surface area contributed by atoms with E-state index in [0.717, 1.165) is 33.5 Å². The average molecular weight is 474 g/mol. The second kappa shape index (κ2) is 11.4. The Bertz CT molecular complexity index is 1180. The number of ether oxygens (including phenoxy) is 1. The van der Waals surface area contributed by atoms with Gasteiger partial charge >= 0.3 is 5.97 Å². The molecule has 3 aromatic carbocycles. The van der Waals surface area contributed by atoms with Gasteiger partial charge in [-0.2, -0.15) is 0 Å². The fourth-order valence-electron chi connectivity index (χ4n) is 3.25. The lowest BCUT2D eigenvalue weighted by atomic mass is 10.1. The molecule has 2 N–H and O–H groups in total. The molecule has 0 heterocycles. The minimum atomic E-state index is -3.30. The summed E-state index contributed by atoms with van der Waals surface area (Å²) in [6.45, 7) is 2.93. The number of carboxylic acid groups (broad SMARTS) is 1. The molecule has 0 atom stereocenters. The van der Waals surface area contributed by atoms with E-state index in [1.165, 1.54) is 0 Å². The lowest BCUT2D eigenvalue weighted by molar-refractivity contribution is -0.139. The third-order valence-corrected chi connectivity index (χ3v) is 7.69. The van der Waals surface area contributed by atoms with Crippen molar-refractivity contribution < 1.29 is 23.1 Å². The number of carbonyl (C=O) groups is 1. The van der Waals surface area contributed by atoms with Gasteiger partial charge in [-0.3, -0.25) is 0 Å². The van der Waals surface area contributed by atoms with Crippen LogP contribution in [0.4, 0.5) is 0 Å². The third kappa shape index (κ3) is 6.98. The summed E-state index contributed by atoms with van der Waals surface area (Å²) in [6.07, 6.45) is 0.550. The van der Waals surface area contributed by atoms with Crippen molar-refractivity contribution >= 4 is 38.3 Å². The van der Waals surface area contributed by atoms with Crippen molar-refractivity contribution in [3.05, 3.63) is 66.2 Å². The maximum Gasteiger partial charge on any atom is 0.341 e. The Morgan fingerprint density at radius 2 is 1.81 bits per heavy atom. The largest absolute Gasteiger partial charge is 0.482 e. The Hall–Kier alpha value is -2.55. The molecule has 0 saturated carbocycles. The van der Waals surface area contributed by atoms with Gasteiger partial charge in [0.05, 0.1) is 10.6 Å². The van der Waals surface area contributed by atoms with Gasteiger partial charge < -0.3 is 15.2 Å². The Morgan fingerprint density at radius 3 is 2.56 bits per heavy atom. The van der Waals surface area contributed by atoms with Crippen LogP contribution in [0.25, 0.3) is 10.8 Å². The molecule has 6 nitrogen and oxygen atoms in total. The average Bonchev–Trinajstić information content (AvgIpc) is 2.77. The van der Waals surface area contributed by atoms with Crippen molar-refractivity contribution in [1.82, 2.24) is 5.32 Å². The second-order valence-electron chi connectivity index (χ2n) is 7.39. The highest BCUT2D eigenvalue weighted by Gasteiger charge is 2.14. The second-order valence-corrected chi connectivity index (χ2v) is 10.7. The molecule has 0 bridgehead atoms. The molecule has 8 heteroatoms.